The minimum Gasteiger partial charge on any atom is -0.370 e. The summed E-state index contributed by atoms with van der Waals surface area (Å²) in [5, 5.41) is 1.62. The van der Waals surface area contributed by atoms with Crippen molar-refractivity contribution in [1.82, 2.24) is 14.5 Å². The molecule has 2 aliphatic rings. The van der Waals surface area contributed by atoms with Crippen molar-refractivity contribution in [3.8, 4) is 0 Å². The fourth-order valence-electron chi connectivity index (χ4n) is 4.99. The molecule has 2 aromatic carbocycles. The molecule has 2 aromatic heterocycles. The predicted molar refractivity (Wildman–Crippen MR) is 141 cm³/mol. The standard InChI is InChI=1S/C26H27N5O5S/c32-25-22-15-20(29-37(33,34)14-11-30-10-7-27-18-30)3-1-19(22)2-4-24-23(25)16-21(17-28-24)31-8-5-26(6-9-31)35-12-13-36-26/h1-4,7,10,15-18,29H,5-6,8-9,11-14H2. The summed E-state index contributed by atoms with van der Waals surface area (Å²) in [6.07, 6.45) is 8.18. The third-order valence-corrected chi connectivity index (χ3v) is 8.29. The third-order valence-electron chi connectivity index (χ3n) is 7.02. The Balaban J connectivity index is 1.29. The van der Waals surface area contributed by atoms with Crippen molar-refractivity contribution in [2.75, 3.05) is 41.7 Å². The van der Waals surface area contributed by atoms with Crippen molar-refractivity contribution in [3.05, 3.63) is 71.5 Å². The van der Waals surface area contributed by atoms with Gasteiger partial charge in [-0.2, -0.15) is 0 Å². The molecule has 10 nitrogen and oxygen atoms in total. The summed E-state index contributed by atoms with van der Waals surface area (Å²) < 4.78 is 41.2. The fourth-order valence-corrected chi connectivity index (χ4v) is 6.03. The van der Waals surface area contributed by atoms with Gasteiger partial charge in [-0.1, -0.05) is 12.1 Å². The highest BCUT2D eigenvalue weighted by atomic mass is 32.2. The molecule has 192 valence electrons. The molecule has 4 aromatic rings. The second-order valence-corrected chi connectivity index (χ2v) is 11.2. The molecule has 0 radical (unpaired) electrons. The van der Waals surface area contributed by atoms with E-state index in [2.05, 4.69) is 19.6 Å². The number of nitrogens with one attached hydrogen (secondary N) is 1. The van der Waals surface area contributed by atoms with Crippen LogP contribution in [0.1, 0.15) is 12.8 Å². The zero-order chi connectivity index (χ0) is 25.5. The van der Waals surface area contributed by atoms with Gasteiger partial charge in [0, 0.05) is 55.9 Å². The van der Waals surface area contributed by atoms with E-state index in [4.69, 9.17) is 9.47 Å². The number of rotatable bonds is 6. The van der Waals surface area contributed by atoms with E-state index in [-0.39, 0.29) is 17.7 Å². The Morgan fingerprint density at radius 3 is 2.57 bits per heavy atom. The van der Waals surface area contributed by atoms with Gasteiger partial charge in [-0.25, -0.2) is 13.4 Å². The lowest BCUT2D eigenvalue weighted by molar-refractivity contribution is -0.169. The molecule has 1 spiro atoms. The van der Waals surface area contributed by atoms with Gasteiger partial charge >= 0.3 is 0 Å². The Labute approximate surface area is 213 Å². The molecular weight excluding hydrogens is 494 g/mol. The highest BCUT2D eigenvalue weighted by Crippen LogP contribution is 2.33. The lowest BCUT2D eigenvalue weighted by atomic mass is 10.0. The van der Waals surface area contributed by atoms with Crippen LogP contribution in [-0.4, -0.2) is 60.8 Å². The molecule has 2 saturated heterocycles. The van der Waals surface area contributed by atoms with Crippen LogP contribution in [0.2, 0.25) is 0 Å². The van der Waals surface area contributed by atoms with E-state index >= 15 is 0 Å². The second kappa shape index (κ2) is 9.40. The van der Waals surface area contributed by atoms with Crippen molar-refractivity contribution in [2.24, 2.45) is 0 Å². The zero-order valence-electron chi connectivity index (χ0n) is 20.2. The largest absolute Gasteiger partial charge is 0.370 e. The van der Waals surface area contributed by atoms with Crippen LogP contribution in [0.3, 0.4) is 0 Å². The second-order valence-electron chi connectivity index (χ2n) is 9.41. The SMILES string of the molecule is O=c1c2cc(NS(=O)(=O)CCn3ccnc3)ccc2ccc2ncc(N3CCC4(CC3)OCCO4)cc12. The number of ether oxygens (including phenoxy) is 2. The van der Waals surface area contributed by atoms with E-state index in [0.717, 1.165) is 31.6 Å². The fraction of sp³-hybridized carbons (Fsp3) is 0.346. The van der Waals surface area contributed by atoms with E-state index in [1.54, 1.807) is 47.7 Å². The van der Waals surface area contributed by atoms with Crippen LogP contribution in [0.5, 0.6) is 0 Å². The van der Waals surface area contributed by atoms with E-state index in [1.807, 2.05) is 18.2 Å². The van der Waals surface area contributed by atoms with Crippen molar-refractivity contribution < 1.29 is 17.9 Å². The summed E-state index contributed by atoms with van der Waals surface area (Å²) in [6.45, 7) is 3.02. The summed E-state index contributed by atoms with van der Waals surface area (Å²) in [5.74, 6) is -0.590. The number of imidazole rings is 1. The monoisotopic (exact) mass is 521 g/mol. The number of sulfonamides is 1. The van der Waals surface area contributed by atoms with Gasteiger partial charge in [0.15, 0.2) is 11.2 Å². The maximum absolute atomic E-state index is 13.6. The van der Waals surface area contributed by atoms with Crippen molar-refractivity contribution in [1.29, 1.82) is 0 Å². The van der Waals surface area contributed by atoms with Gasteiger partial charge in [0.2, 0.25) is 10.0 Å². The van der Waals surface area contributed by atoms with Gasteiger partial charge in [-0.05, 0) is 29.7 Å². The van der Waals surface area contributed by atoms with Gasteiger partial charge in [0.1, 0.15) is 0 Å². The van der Waals surface area contributed by atoms with E-state index in [0.29, 0.717) is 40.6 Å². The average molecular weight is 522 g/mol. The quantitative estimate of drug-likeness (QED) is 0.412. The van der Waals surface area contributed by atoms with Crippen molar-refractivity contribution in [3.63, 3.8) is 0 Å². The first-order valence-corrected chi connectivity index (χ1v) is 13.9. The Bertz CT molecular complexity index is 1610. The maximum Gasteiger partial charge on any atom is 0.234 e. The lowest BCUT2D eigenvalue weighted by Crippen LogP contribution is -2.45. The highest BCUT2D eigenvalue weighted by molar-refractivity contribution is 7.92. The molecule has 4 heterocycles. The molecule has 1 N–H and O–H groups in total. The number of aryl methyl sites for hydroxylation is 1. The van der Waals surface area contributed by atoms with Crippen LogP contribution in [-0.2, 0) is 26.0 Å². The molecule has 2 fully saturated rings. The molecule has 0 atom stereocenters. The van der Waals surface area contributed by atoms with Gasteiger partial charge in [0.05, 0.1) is 48.1 Å². The van der Waals surface area contributed by atoms with Crippen LogP contribution < -0.4 is 15.1 Å². The number of anilines is 2. The van der Waals surface area contributed by atoms with Crippen LogP contribution in [0.25, 0.3) is 21.7 Å². The van der Waals surface area contributed by atoms with Crippen molar-refractivity contribution >= 4 is 43.1 Å². The van der Waals surface area contributed by atoms with E-state index < -0.39 is 15.8 Å². The summed E-state index contributed by atoms with van der Waals surface area (Å²) in [7, 11) is -3.62. The molecule has 0 bridgehead atoms. The molecule has 0 saturated carbocycles. The number of fused-ring (bicyclic) bond motifs is 2. The smallest absolute Gasteiger partial charge is 0.234 e. The molecular formula is C26H27N5O5S. The number of aromatic nitrogens is 3. The summed E-state index contributed by atoms with van der Waals surface area (Å²) in [4.78, 5) is 24.3. The molecule has 11 heteroatoms. The number of pyridine rings is 1. The molecule has 0 amide bonds. The molecule has 37 heavy (non-hydrogen) atoms. The zero-order valence-corrected chi connectivity index (χ0v) is 21.0. The molecule has 6 rings (SSSR count). The number of benzene rings is 1. The first-order valence-electron chi connectivity index (χ1n) is 12.3. The normalized spacial score (nSPS) is 17.6. The Morgan fingerprint density at radius 2 is 1.81 bits per heavy atom. The minimum atomic E-state index is -3.62. The number of hydrogen-bond donors (Lipinski definition) is 1. The molecule has 0 unspecified atom stereocenters. The van der Waals surface area contributed by atoms with Crippen molar-refractivity contribution in [2.45, 2.75) is 25.2 Å². The first kappa shape index (κ1) is 23.8. The third kappa shape index (κ3) is 4.89. The van der Waals surface area contributed by atoms with Gasteiger partial charge in [-0.15, -0.1) is 0 Å². The van der Waals surface area contributed by atoms with Crippen LogP contribution in [0.4, 0.5) is 11.4 Å². The van der Waals surface area contributed by atoms with Crippen LogP contribution in [0, 0.1) is 0 Å². The Hall–Kier alpha value is -3.54. The topological polar surface area (TPSA) is 116 Å². The minimum absolute atomic E-state index is 0.113. The van der Waals surface area contributed by atoms with E-state index in [1.165, 1.54) is 0 Å². The summed E-state index contributed by atoms with van der Waals surface area (Å²) >= 11 is 0. The number of hydrogen-bond acceptors (Lipinski definition) is 8. The average Bonchev–Trinajstić information content (AvgIpc) is 3.57. The van der Waals surface area contributed by atoms with Crippen LogP contribution >= 0.6 is 0 Å². The number of piperidine rings is 1. The number of nitrogens with zero attached hydrogens (tertiary/aromatic N) is 4. The lowest BCUT2D eigenvalue weighted by Gasteiger charge is -2.38. The van der Waals surface area contributed by atoms with Gasteiger partial charge in [0.25, 0.3) is 0 Å². The van der Waals surface area contributed by atoms with Crippen LogP contribution in [0.15, 0.2) is 66.1 Å². The Morgan fingerprint density at radius 1 is 1.03 bits per heavy atom. The summed E-state index contributed by atoms with van der Waals surface area (Å²) in [6, 6.07) is 10.5. The highest BCUT2D eigenvalue weighted by Gasteiger charge is 2.39. The summed E-state index contributed by atoms with van der Waals surface area (Å²) in [5.41, 5.74) is 1.60. The van der Waals surface area contributed by atoms with Gasteiger partial charge in [-0.3, -0.25) is 14.5 Å². The van der Waals surface area contributed by atoms with E-state index in [9.17, 15) is 13.2 Å². The maximum atomic E-state index is 13.6. The predicted octanol–water partition coefficient (Wildman–Crippen LogP) is 2.73. The Kier molecular flexibility index (Phi) is 6.06. The van der Waals surface area contributed by atoms with Gasteiger partial charge < -0.3 is 18.9 Å². The molecule has 2 aliphatic heterocycles. The first-order chi connectivity index (χ1) is 17.9. The molecule has 0 aliphatic carbocycles.